The Morgan fingerprint density at radius 2 is 0.886 bits per heavy atom. The van der Waals surface area contributed by atoms with E-state index in [2.05, 4.69) is 16.2 Å². The van der Waals surface area contributed by atoms with E-state index < -0.39 is 22.8 Å². The molecule has 10 rings (SSSR count). The highest BCUT2D eigenvalue weighted by Gasteiger charge is 2.51. The van der Waals surface area contributed by atoms with Gasteiger partial charge in [0, 0.05) is 16.7 Å². The molecule has 6 aromatic rings. The number of halogens is 4. The van der Waals surface area contributed by atoms with Crippen LogP contribution in [0.2, 0.25) is 0 Å². The summed E-state index contributed by atoms with van der Waals surface area (Å²) in [5, 5.41) is 0. The summed E-state index contributed by atoms with van der Waals surface area (Å²) in [5.74, 6) is -2.63. The lowest BCUT2D eigenvalue weighted by Gasteiger charge is -2.37. The first-order chi connectivity index (χ1) is 21.3. The van der Waals surface area contributed by atoms with Crippen molar-refractivity contribution >= 4 is 0 Å². The summed E-state index contributed by atoms with van der Waals surface area (Å²) < 4.78 is 74.4. The summed E-state index contributed by atoms with van der Waals surface area (Å²) in [7, 11) is 0. The molecule has 0 N–H and O–H groups in total. The third kappa shape index (κ3) is 2.94. The van der Waals surface area contributed by atoms with E-state index in [1.165, 1.54) is 79.0 Å². The highest BCUT2D eigenvalue weighted by atomic mass is 19.2. The van der Waals surface area contributed by atoms with Crippen LogP contribution in [0.5, 0.6) is 0 Å². The molecule has 0 aliphatic carbocycles. The monoisotopic (exact) mass is 583 g/mol. The molecule has 4 unspecified atom stereocenters. The van der Waals surface area contributed by atoms with Crippen LogP contribution in [-0.2, 0) is 22.8 Å². The molecule has 0 radical (unpaired) electrons. The highest BCUT2D eigenvalue weighted by molar-refractivity contribution is 5.56. The van der Waals surface area contributed by atoms with E-state index in [1.54, 1.807) is 48.5 Å². The Kier molecular flexibility index (Phi) is 4.76. The first-order valence-corrected chi connectivity index (χ1v) is 14.3. The third-order valence-electron chi connectivity index (χ3n) is 9.30. The van der Waals surface area contributed by atoms with Crippen LogP contribution in [0.4, 0.5) is 17.6 Å². The van der Waals surface area contributed by atoms with Gasteiger partial charge in [-0.15, -0.1) is 6.07 Å². The number of hydrogen-bond donors (Lipinski definition) is 0. The first-order valence-electron chi connectivity index (χ1n) is 14.3. The average Bonchev–Trinajstić information content (AvgIpc) is 3.09. The molecule has 4 aliphatic heterocycles. The van der Waals surface area contributed by atoms with Gasteiger partial charge in [0.05, 0.1) is 28.8 Å². The largest absolute Gasteiger partial charge is 0.358 e. The van der Waals surface area contributed by atoms with Gasteiger partial charge < -0.3 is 0 Å². The van der Waals surface area contributed by atoms with Gasteiger partial charge in [-0.05, 0) is 65.2 Å². The lowest BCUT2D eigenvalue weighted by atomic mass is 9.75. The van der Waals surface area contributed by atoms with Crippen molar-refractivity contribution in [1.82, 2.24) is 9.97 Å². The number of nitrogens with zero attached hydrogens (tertiary/aromatic N) is 3. The van der Waals surface area contributed by atoms with Gasteiger partial charge in [0.25, 0.3) is 0 Å². The second-order valence-corrected chi connectivity index (χ2v) is 11.6. The van der Waals surface area contributed by atoms with Crippen LogP contribution in [0.1, 0.15) is 61.7 Å². The standard InChI is InChI=1S/C37H21F4N3/c38-34-23-7-1-9-25(19-23)35(39)26-10-3-12-28(21-26)37(41,44-18-6-13-29(34)22-44)33-17-5-16-32(43-33)36(40,27-11-2-8-24(34)20-27)31-15-4-14-30(35)42-31/h1-21H. The number of alkyl halides is 4. The predicted octanol–water partition coefficient (Wildman–Crippen LogP) is 7.01. The Morgan fingerprint density at radius 3 is 1.50 bits per heavy atom. The van der Waals surface area contributed by atoms with Gasteiger partial charge in [0.15, 0.2) is 5.67 Å². The van der Waals surface area contributed by atoms with Gasteiger partial charge >= 0.3 is 5.79 Å². The van der Waals surface area contributed by atoms with Crippen molar-refractivity contribution in [2.24, 2.45) is 0 Å². The van der Waals surface area contributed by atoms with Crippen molar-refractivity contribution in [3.05, 3.63) is 195 Å². The maximum absolute atomic E-state index is 18.4. The zero-order valence-electron chi connectivity index (χ0n) is 23.0. The number of benzene rings is 3. The SMILES string of the molecule is FC12c3[c-][n+](ccc3)C3(F)c4cccc(c4)C(F)(c4cccc1c4)c1cccc(n1)C(F)(c1cccc2c1)c1cccc3n1. The van der Waals surface area contributed by atoms with Crippen LogP contribution in [0.25, 0.3) is 0 Å². The van der Waals surface area contributed by atoms with Gasteiger partial charge in [-0.2, -0.15) is 10.5 Å². The van der Waals surface area contributed by atoms with Crippen LogP contribution in [0, 0.1) is 6.20 Å². The van der Waals surface area contributed by atoms with E-state index in [9.17, 15) is 0 Å². The normalized spacial score (nSPS) is 27.0. The topological polar surface area (TPSA) is 29.7 Å². The molecule has 0 fully saturated rings. The van der Waals surface area contributed by atoms with Crippen LogP contribution >= 0.6 is 0 Å². The molecule has 44 heavy (non-hydrogen) atoms. The Morgan fingerprint density at radius 1 is 0.455 bits per heavy atom. The van der Waals surface area contributed by atoms with Crippen molar-refractivity contribution in [2.75, 3.05) is 0 Å². The van der Waals surface area contributed by atoms with Crippen LogP contribution in [-0.4, -0.2) is 9.97 Å². The smallest absolute Gasteiger partial charge is 0.268 e. The second kappa shape index (κ2) is 8.26. The molecule has 0 saturated heterocycles. The molecule has 3 aromatic carbocycles. The fraction of sp³-hybridized carbons (Fsp3) is 0.108. The Hall–Kier alpha value is -5.17. The quantitative estimate of drug-likeness (QED) is 0.109. The molecule has 7 heteroatoms. The van der Waals surface area contributed by atoms with E-state index in [1.807, 2.05) is 0 Å². The molecule has 4 aliphatic rings. The highest BCUT2D eigenvalue weighted by Crippen LogP contribution is 2.50. The summed E-state index contributed by atoms with van der Waals surface area (Å²) in [5.41, 5.74) is -7.94. The fourth-order valence-corrected chi connectivity index (χ4v) is 7.04. The van der Waals surface area contributed by atoms with Crippen molar-refractivity contribution in [3.8, 4) is 0 Å². The fourth-order valence-electron chi connectivity index (χ4n) is 7.04. The van der Waals surface area contributed by atoms with Crippen molar-refractivity contribution in [2.45, 2.75) is 22.8 Å². The minimum atomic E-state index is -2.63. The van der Waals surface area contributed by atoms with E-state index in [0.717, 1.165) is 4.57 Å². The molecular weight excluding hydrogens is 562 g/mol. The molecule has 0 amide bonds. The van der Waals surface area contributed by atoms with Crippen molar-refractivity contribution in [3.63, 3.8) is 0 Å². The number of pyridine rings is 3. The zero-order valence-corrected chi connectivity index (χ0v) is 23.0. The average molecular weight is 584 g/mol. The van der Waals surface area contributed by atoms with Gasteiger partial charge in [0.2, 0.25) is 11.3 Å². The van der Waals surface area contributed by atoms with Crippen molar-refractivity contribution < 1.29 is 22.1 Å². The van der Waals surface area contributed by atoms with Crippen LogP contribution < -0.4 is 4.57 Å². The van der Waals surface area contributed by atoms with Crippen LogP contribution in [0.3, 0.4) is 0 Å². The lowest BCUT2D eigenvalue weighted by molar-refractivity contribution is -0.775. The lowest BCUT2D eigenvalue weighted by Crippen LogP contribution is -2.56. The molecular formula is C37H21F4N3. The molecule has 7 heterocycles. The first kappa shape index (κ1) is 25.3. The molecule has 3 aromatic heterocycles. The van der Waals surface area contributed by atoms with Gasteiger partial charge in [0.1, 0.15) is 11.9 Å². The zero-order chi connectivity index (χ0) is 29.9. The van der Waals surface area contributed by atoms with E-state index in [0.29, 0.717) is 0 Å². The molecule has 212 valence electrons. The van der Waals surface area contributed by atoms with Gasteiger partial charge in [-0.1, -0.05) is 60.7 Å². The summed E-state index contributed by atoms with van der Waals surface area (Å²) >= 11 is 0. The maximum atomic E-state index is 18.4. The maximum Gasteiger partial charge on any atom is 0.358 e. The molecule has 0 spiro atoms. The molecule has 4 atom stereocenters. The van der Waals surface area contributed by atoms with Gasteiger partial charge in [-0.3, -0.25) is 4.57 Å². The van der Waals surface area contributed by atoms with Gasteiger partial charge in [-0.25, -0.2) is 23.1 Å². The summed E-state index contributed by atoms with van der Waals surface area (Å²) in [6, 6.07) is 30.3. The Bertz CT molecular complexity index is 1660. The number of aromatic nitrogens is 3. The van der Waals surface area contributed by atoms with Crippen LogP contribution in [0.15, 0.2) is 128 Å². The molecule has 3 nitrogen and oxygen atoms in total. The van der Waals surface area contributed by atoms with E-state index in [4.69, 9.17) is 0 Å². The molecule has 16 bridgehead atoms. The Labute approximate surface area is 250 Å². The second-order valence-electron chi connectivity index (χ2n) is 11.6. The van der Waals surface area contributed by atoms with Crippen molar-refractivity contribution in [1.29, 1.82) is 0 Å². The Balaban J connectivity index is 1.63. The predicted molar refractivity (Wildman–Crippen MR) is 154 cm³/mol. The van der Waals surface area contributed by atoms with E-state index >= 15 is 17.6 Å². The minimum absolute atomic E-state index is 0.0121. The summed E-state index contributed by atoms with van der Waals surface area (Å²) in [4.78, 5) is 9.29. The third-order valence-corrected chi connectivity index (χ3v) is 9.30. The summed E-state index contributed by atoms with van der Waals surface area (Å²) in [6.45, 7) is 0. The minimum Gasteiger partial charge on any atom is -0.268 e. The molecule has 0 saturated carbocycles. The number of rotatable bonds is 0. The summed E-state index contributed by atoms with van der Waals surface area (Å²) in [6.07, 6.45) is 4.43. The van der Waals surface area contributed by atoms with E-state index in [-0.39, 0.29) is 61.7 Å². The number of hydrogen-bond acceptors (Lipinski definition) is 2.